The van der Waals surface area contributed by atoms with E-state index in [4.69, 9.17) is 0 Å². The van der Waals surface area contributed by atoms with E-state index >= 15 is 0 Å². The Balaban J connectivity index is 2.86. The molecule has 0 radical (unpaired) electrons. The molecule has 1 nitrogen and oxygen atoms in total. The first-order valence-corrected chi connectivity index (χ1v) is 6.71. The number of quaternary nitrogens is 1. The molecular weight excluding hydrogens is 206 g/mol. The zero-order valence-electron chi connectivity index (χ0n) is 12.3. The van der Waals surface area contributed by atoms with E-state index in [-0.39, 0.29) is 0 Å². The van der Waals surface area contributed by atoms with Gasteiger partial charge in [-0.05, 0) is 0 Å². The summed E-state index contributed by atoms with van der Waals surface area (Å²) in [5.74, 6) is 1.43. The zero-order chi connectivity index (χ0) is 13.1. The highest BCUT2D eigenvalue weighted by molar-refractivity contribution is 5.13. The van der Waals surface area contributed by atoms with Crippen LogP contribution in [-0.2, 0) is 6.54 Å². The van der Waals surface area contributed by atoms with Gasteiger partial charge in [0.2, 0.25) is 0 Å². The molecule has 0 aromatic heterocycles. The Morgan fingerprint density at radius 1 is 0.882 bits per heavy atom. The van der Waals surface area contributed by atoms with Gasteiger partial charge in [-0.15, -0.1) is 0 Å². The maximum atomic E-state index is 2.36. The van der Waals surface area contributed by atoms with E-state index in [1.54, 1.807) is 0 Å². The molecule has 0 saturated carbocycles. The monoisotopic (exact) mass is 234 g/mol. The molecule has 1 aromatic rings. The summed E-state index contributed by atoms with van der Waals surface area (Å²) in [4.78, 5) is 0. The predicted octanol–water partition coefficient (Wildman–Crippen LogP) is 3.94. The second kappa shape index (κ2) is 5.68. The molecule has 0 saturated heterocycles. The predicted molar refractivity (Wildman–Crippen MR) is 75.7 cm³/mol. The highest BCUT2D eigenvalue weighted by atomic mass is 15.3. The summed E-state index contributed by atoms with van der Waals surface area (Å²) < 4.78 is 1.07. The molecule has 0 atom stereocenters. The average Bonchev–Trinajstić information content (AvgIpc) is 2.15. The molecule has 0 N–H and O–H groups in total. The third-order valence-corrected chi connectivity index (χ3v) is 3.61. The molecule has 0 amide bonds. The molecule has 17 heavy (non-hydrogen) atoms. The van der Waals surface area contributed by atoms with Crippen LogP contribution in [0.1, 0.15) is 33.3 Å². The number of hydrogen-bond acceptors (Lipinski definition) is 0. The second-order valence-corrected chi connectivity index (χ2v) is 6.40. The van der Waals surface area contributed by atoms with Gasteiger partial charge in [-0.3, -0.25) is 0 Å². The van der Waals surface area contributed by atoms with Gasteiger partial charge in [-0.25, -0.2) is 0 Å². The molecule has 1 heteroatoms. The molecule has 0 heterocycles. The van der Waals surface area contributed by atoms with E-state index < -0.39 is 0 Å². The fourth-order valence-corrected chi connectivity index (χ4v) is 3.54. The van der Waals surface area contributed by atoms with Gasteiger partial charge in [0.05, 0.1) is 20.1 Å². The Labute approximate surface area is 107 Å². The molecule has 0 fully saturated rings. The van der Waals surface area contributed by atoms with Crippen molar-refractivity contribution in [1.29, 1.82) is 0 Å². The Kier molecular flexibility index (Phi) is 4.76. The molecule has 0 aliphatic heterocycles. The molecule has 0 aliphatic rings. The molecule has 1 aromatic carbocycles. The molecule has 1 rings (SSSR count). The molecular formula is C16H28N+. The first-order valence-electron chi connectivity index (χ1n) is 6.71. The van der Waals surface area contributed by atoms with Gasteiger partial charge < -0.3 is 4.48 Å². The van der Waals surface area contributed by atoms with Crippen molar-refractivity contribution in [2.24, 2.45) is 11.8 Å². The smallest absolute Gasteiger partial charge is 0.104 e. The molecule has 0 spiro atoms. The lowest BCUT2D eigenvalue weighted by Crippen LogP contribution is -2.53. The van der Waals surface area contributed by atoms with Crippen molar-refractivity contribution in [2.75, 3.05) is 14.1 Å². The third-order valence-electron chi connectivity index (χ3n) is 3.61. The van der Waals surface area contributed by atoms with Crippen LogP contribution in [-0.4, -0.2) is 24.6 Å². The maximum absolute atomic E-state index is 2.36. The number of rotatable bonds is 5. The van der Waals surface area contributed by atoms with E-state index in [0.717, 1.165) is 11.0 Å². The molecule has 0 aliphatic carbocycles. The highest BCUT2D eigenvalue weighted by Gasteiger charge is 2.33. The lowest BCUT2D eigenvalue weighted by atomic mass is 9.90. The Bertz CT molecular complexity index is 317. The first-order chi connectivity index (χ1) is 7.84. The maximum Gasteiger partial charge on any atom is 0.104 e. The summed E-state index contributed by atoms with van der Waals surface area (Å²) in [5.41, 5.74) is 1.43. The van der Waals surface area contributed by atoms with Crippen LogP contribution in [0.5, 0.6) is 0 Å². The summed E-state index contributed by atoms with van der Waals surface area (Å²) >= 11 is 0. The third kappa shape index (κ3) is 3.85. The Hall–Kier alpha value is -0.820. The van der Waals surface area contributed by atoms with Crippen LogP contribution < -0.4 is 0 Å². The lowest BCUT2D eigenvalue weighted by molar-refractivity contribution is -0.934. The van der Waals surface area contributed by atoms with Crippen molar-refractivity contribution in [2.45, 2.75) is 40.3 Å². The highest BCUT2D eigenvalue weighted by Crippen LogP contribution is 2.25. The van der Waals surface area contributed by atoms with Crippen molar-refractivity contribution in [1.82, 2.24) is 0 Å². The summed E-state index contributed by atoms with van der Waals surface area (Å²) in [6, 6.07) is 11.5. The molecule has 0 bridgehead atoms. The van der Waals surface area contributed by atoms with E-state index in [1.165, 1.54) is 5.56 Å². The van der Waals surface area contributed by atoms with Crippen LogP contribution in [0.15, 0.2) is 30.3 Å². The van der Waals surface area contributed by atoms with Crippen LogP contribution >= 0.6 is 0 Å². The van der Waals surface area contributed by atoms with Crippen molar-refractivity contribution >= 4 is 0 Å². The van der Waals surface area contributed by atoms with Crippen LogP contribution in [0.2, 0.25) is 0 Å². The van der Waals surface area contributed by atoms with Crippen molar-refractivity contribution in [3.63, 3.8) is 0 Å². The van der Waals surface area contributed by atoms with Crippen molar-refractivity contribution < 1.29 is 4.48 Å². The number of hydrogen-bond donors (Lipinski definition) is 0. The van der Waals surface area contributed by atoms with E-state index in [0.29, 0.717) is 17.9 Å². The van der Waals surface area contributed by atoms with Gasteiger partial charge >= 0.3 is 0 Å². The molecule has 0 unspecified atom stereocenters. The van der Waals surface area contributed by atoms with E-state index in [2.05, 4.69) is 72.1 Å². The van der Waals surface area contributed by atoms with Crippen LogP contribution in [0, 0.1) is 11.8 Å². The minimum absolute atomic E-state index is 0.704. The van der Waals surface area contributed by atoms with Crippen molar-refractivity contribution in [3.05, 3.63) is 35.9 Å². The first kappa shape index (κ1) is 14.2. The van der Waals surface area contributed by atoms with Gasteiger partial charge in [0.15, 0.2) is 0 Å². The minimum atomic E-state index is 0.704. The number of nitrogens with zero attached hydrogens (tertiary/aromatic N) is 1. The number of benzene rings is 1. The standard InChI is InChI=1S/C16H28N/c1-13(2)16(14(3)4)17(5,6)12-15-10-8-7-9-11-15/h7-11,13-14,16H,12H2,1-6H3/q+1. The van der Waals surface area contributed by atoms with Crippen LogP contribution in [0.25, 0.3) is 0 Å². The minimum Gasteiger partial charge on any atom is -0.322 e. The van der Waals surface area contributed by atoms with Gasteiger partial charge in [0.25, 0.3) is 0 Å². The van der Waals surface area contributed by atoms with E-state index in [9.17, 15) is 0 Å². The fourth-order valence-electron chi connectivity index (χ4n) is 3.54. The second-order valence-electron chi connectivity index (χ2n) is 6.40. The summed E-state index contributed by atoms with van der Waals surface area (Å²) in [6.45, 7) is 10.5. The summed E-state index contributed by atoms with van der Waals surface area (Å²) in [6.07, 6.45) is 0. The SMILES string of the molecule is CC(C)C(C(C)C)[N+](C)(C)Cc1ccccc1. The van der Waals surface area contributed by atoms with Gasteiger partial charge in [-0.2, -0.15) is 0 Å². The van der Waals surface area contributed by atoms with E-state index in [1.807, 2.05) is 0 Å². The Morgan fingerprint density at radius 3 is 1.76 bits per heavy atom. The quantitative estimate of drug-likeness (QED) is 0.677. The van der Waals surface area contributed by atoms with Gasteiger partial charge in [0, 0.05) is 17.4 Å². The summed E-state index contributed by atoms with van der Waals surface area (Å²) in [7, 11) is 4.72. The molecule has 96 valence electrons. The fraction of sp³-hybridized carbons (Fsp3) is 0.625. The lowest BCUT2D eigenvalue weighted by Gasteiger charge is -2.42. The summed E-state index contributed by atoms with van der Waals surface area (Å²) in [5, 5.41) is 0. The largest absolute Gasteiger partial charge is 0.322 e. The zero-order valence-corrected chi connectivity index (χ0v) is 12.3. The van der Waals surface area contributed by atoms with Crippen LogP contribution in [0.4, 0.5) is 0 Å². The van der Waals surface area contributed by atoms with Gasteiger partial charge in [0.1, 0.15) is 6.54 Å². The normalized spacial score (nSPS) is 12.8. The Morgan fingerprint density at radius 2 is 1.35 bits per heavy atom. The average molecular weight is 234 g/mol. The topological polar surface area (TPSA) is 0 Å². The van der Waals surface area contributed by atoms with Crippen LogP contribution in [0.3, 0.4) is 0 Å². The van der Waals surface area contributed by atoms with Crippen molar-refractivity contribution in [3.8, 4) is 0 Å². The van der Waals surface area contributed by atoms with Gasteiger partial charge in [-0.1, -0.05) is 58.0 Å².